The van der Waals surface area contributed by atoms with Crippen LogP contribution in [0, 0.1) is 11.3 Å². The Hall–Kier alpha value is -0.660. The molecule has 3 fully saturated rings. The molecular formula is C14H24N2O4S. The van der Waals surface area contributed by atoms with E-state index in [2.05, 4.69) is 0 Å². The molecule has 2 heterocycles. The predicted molar refractivity (Wildman–Crippen MR) is 78.2 cm³/mol. The number of ether oxygens (including phenoxy) is 1. The number of carbonyl (C=O) groups is 1. The Balaban J connectivity index is 1.75. The van der Waals surface area contributed by atoms with Crippen molar-refractivity contribution in [1.29, 1.82) is 0 Å². The minimum atomic E-state index is -3.15. The Morgan fingerprint density at radius 1 is 1.19 bits per heavy atom. The summed E-state index contributed by atoms with van der Waals surface area (Å²) in [6, 6.07) is 0. The van der Waals surface area contributed by atoms with Crippen molar-refractivity contribution in [1.82, 2.24) is 9.21 Å². The van der Waals surface area contributed by atoms with Crippen LogP contribution in [0.25, 0.3) is 0 Å². The fourth-order valence-corrected chi connectivity index (χ4v) is 5.07. The predicted octanol–water partition coefficient (Wildman–Crippen LogP) is 0.297. The van der Waals surface area contributed by atoms with Gasteiger partial charge in [-0.25, -0.2) is 12.7 Å². The van der Waals surface area contributed by atoms with E-state index >= 15 is 0 Å². The lowest BCUT2D eigenvalue weighted by atomic mass is 9.76. The van der Waals surface area contributed by atoms with Gasteiger partial charge in [0.2, 0.25) is 15.9 Å². The maximum absolute atomic E-state index is 12.8. The lowest BCUT2D eigenvalue weighted by molar-refractivity contribution is -0.142. The molecule has 7 heteroatoms. The standard InChI is InChI=1S/C14H24N2O4S/c1-21(18,19)16-6-5-14(11-16)4-2-3-12(14)13(17)15-7-9-20-10-8-15/h12H,2-11H2,1H3/t12-,14-/m1/s1. The first-order valence-corrected chi connectivity index (χ1v) is 9.59. The first kappa shape index (κ1) is 15.2. The van der Waals surface area contributed by atoms with E-state index in [1.807, 2.05) is 4.90 Å². The topological polar surface area (TPSA) is 66.9 Å². The minimum absolute atomic E-state index is 0.0117. The quantitative estimate of drug-likeness (QED) is 0.735. The molecule has 120 valence electrons. The Labute approximate surface area is 126 Å². The molecule has 1 aliphatic carbocycles. The fourth-order valence-electron chi connectivity index (χ4n) is 4.16. The molecule has 0 unspecified atom stereocenters. The highest BCUT2D eigenvalue weighted by Crippen LogP contribution is 2.50. The average Bonchev–Trinajstić information content (AvgIpc) is 3.07. The molecule has 6 nitrogen and oxygen atoms in total. The molecular weight excluding hydrogens is 292 g/mol. The lowest BCUT2D eigenvalue weighted by Gasteiger charge is -2.36. The molecule has 0 aromatic rings. The normalized spacial score (nSPS) is 34.7. The van der Waals surface area contributed by atoms with Crippen molar-refractivity contribution in [2.75, 3.05) is 45.6 Å². The number of hydrogen-bond acceptors (Lipinski definition) is 4. The van der Waals surface area contributed by atoms with Gasteiger partial charge >= 0.3 is 0 Å². The second kappa shape index (κ2) is 5.52. The molecule has 2 atom stereocenters. The second-order valence-electron chi connectivity index (χ2n) is 6.59. The van der Waals surface area contributed by atoms with Gasteiger partial charge in [0.25, 0.3) is 0 Å². The van der Waals surface area contributed by atoms with Crippen LogP contribution in [0.4, 0.5) is 0 Å². The number of amides is 1. The minimum Gasteiger partial charge on any atom is -0.378 e. The van der Waals surface area contributed by atoms with Crippen LogP contribution in [0.15, 0.2) is 0 Å². The summed E-state index contributed by atoms with van der Waals surface area (Å²) in [7, 11) is -3.15. The van der Waals surface area contributed by atoms with Crippen molar-refractivity contribution in [3.63, 3.8) is 0 Å². The largest absolute Gasteiger partial charge is 0.378 e. The summed E-state index contributed by atoms with van der Waals surface area (Å²) in [5.41, 5.74) is -0.127. The van der Waals surface area contributed by atoms with Gasteiger partial charge in [0, 0.05) is 32.1 Å². The van der Waals surface area contributed by atoms with Crippen molar-refractivity contribution >= 4 is 15.9 Å². The maximum Gasteiger partial charge on any atom is 0.226 e. The SMILES string of the molecule is CS(=O)(=O)N1CC[C@]2(CCC[C@@H]2C(=O)N2CCOCC2)C1. The van der Waals surface area contributed by atoms with Crippen molar-refractivity contribution in [2.24, 2.45) is 11.3 Å². The molecule has 3 rings (SSSR count). The molecule has 0 aromatic carbocycles. The highest BCUT2D eigenvalue weighted by Gasteiger charge is 2.52. The van der Waals surface area contributed by atoms with Gasteiger partial charge < -0.3 is 9.64 Å². The molecule has 1 saturated carbocycles. The highest BCUT2D eigenvalue weighted by molar-refractivity contribution is 7.88. The van der Waals surface area contributed by atoms with E-state index < -0.39 is 10.0 Å². The van der Waals surface area contributed by atoms with E-state index in [0.717, 1.165) is 25.7 Å². The molecule has 2 aliphatic heterocycles. The van der Waals surface area contributed by atoms with Gasteiger partial charge in [-0.1, -0.05) is 6.42 Å². The molecule has 0 bridgehead atoms. The third-order valence-corrected chi connectivity index (χ3v) is 6.60. The van der Waals surface area contributed by atoms with E-state index in [1.165, 1.54) is 6.26 Å². The number of nitrogens with zero attached hydrogens (tertiary/aromatic N) is 2. The third-order valence-electron chi connectivity index (χ3n) is 5.35. The number of morpholine rings is 1. The second-order valence-corrected chi connectivity index (χ2v) is 8.57. The molecule has 1 amide bonds. The van der Waals surface area contributed by atoms with Crippen molar-refractivity contribution in [3.05, 3.63) is 0 Å². The average molecular weight is 316 g/mol. The molecule has 3 aliphatic rings. The molecule has 21 heavy (non-hydrogen) atoms. The Morgan fingerprint density at radius 2 is 1.90 bits per heavy atom. The van der Waals surface area contributed by atoms with Crippen molar-refractivity contribution in [3.8, 4) is 0 Å². The smallest absolute Gasteiger partial charge is 0.226 e. The lowest BCUT2D eigenvalue weighted by Crippen LogP contribution is -2.47. The van der Waals surface area contributed by atoms with E-state index in [-0.39, 0.29) is 17.2 Å². The number of carbonyl (C=O) groups excluding carboxylic acids is 1. The van der Waals surface area contributed by atoms with Crippen LogP contribution in [-0.2, 0) is 19.6 Å². The monoisotopic (exact) mass is 316 g/mol. The van der Waals surface area contributed by atoms with E-state index in [0.29, 0.717) is 39.4 Å². The van der Waals surface area contributed by atoms with Crippen molar-refractivity contribution in [2.45, 2.75) is 25.7 Å². The fraction of sp³-hybridized carbons (Fsp3) is 0.929. The molecule has 2 saturated heterocycles. The van der Waals surface area contributed by atoms with Crippen LogP contribution >= 0.6 is 0 Å². The van der Waals surface area contributed by atoms with Crippen LogP contribution < -0.4 is 0 Å². The Bertz CT molecular complexity index is 515. The molecule has 0 N–H and O–H groups in total. The van der Waals surface area contributed by atoms with Gasteiger partial charge in [-0.3, -0.25) is 4.79 Å². The summed E-state index contributed by atoms with van der Waals surface area (Å²) in [6.45, 7) is 3.64. The highest BCUT2D eigenvalue weighted by atomic mass is 32.2. The summed E-state index contributed by atoms with van der Waals surface area (Å²) < 4.78 is 30.4. The summed E-state index contributed by atoms with van der Waals surface area (Å²) >= 11 is 0. The van der Waals surface area contributed by atoms with Gasteiger partial charge in [-0.15, -0.1) is 0 Å². The van der Waals surface area contributed by atoms with Crippen molar-refractivity contribution < 1.29 is 17.9 Å². The zero-order chi connectivity index (χ0) is 15.1. The summed E-state index contributed by atoms with van der Waals surface area (Å²) in [5, 5.41) is 0. The van der Waals surface area contributed by atoms with Crippen LogP contribution in [0.3, 0.4) is 0 Å². The number of sulfonamides is 1. The summed E-state index contributed by atoms with van der Waals surface area (Å²) in [4.78, 5) is 14.7. The first-order chi connectivity index (χ1) is 9.92. The Kier molecular flexibility index (Phi) is 4.00. The summed E-state index contributed by atoms with van der Waals surface area (Å²) in [6.07, 6.45) is 4.98. The Morgan fingerprint density at radius 3 is 2.52 bits per heavy atom. The van der Waals surface area contributed by atoms with Crippen LogP contribution in [0.1, 0.15) is 25.7 Å². The summed E-state index contributed by atoms with van der Waals surface area (Å²) in [5.74, 6) is 0.202. The van der Waals surface area contributed by atoms with E-state index in [9.17, 15) is 13.2 Å². The van der Waals surface area contributed by atoms with E-state index in [4.69, 9.17) is 4.74 Å². The maximum atomic E-state index is 12.8. The molecule has 1 spiro atoms. The van der Waals surface area contributed by atoms with Gasteiger partial charge in [0.05, 0.1) is 19.5 Å². The van der Waals surface area contributed by atoms with Crippen LogP contribution in [0.5, 0.6) is 0 Å². The first-order valence-electron chi connectivity index (χ1n) is 7.74. The molecule has 0 radical (unpaired) electrons. The molecule has 0 aromatic heterocycles. The zero-order valence-corrected chi connectivity index (χ0v) is 13.4. The van der Waals surface area contributed by atoms with Gasteiger partial charge in [-0.2, -0.15) is 0 Å². The van der Waals surface area contributed by atoms with Gasteiger partial charge in [0.15, 0.2) is 0 Å². The van der Waals surface area contributed by atoms with Gasteiger partial charge in [-0.05, 0) is 24.7 Å². The third kappa shape index (κ3) is 2.83. The van der Waals surface area contributed by atoms with Gasteiger partial charge in [0.1, 0.15) is 0 Å². The van der Waals surface area contributed by atoms with E-state index in [1.54, 1.807) is 4.31 Å². The van der Waals surface area contributed by atoms with Crippen LogP contribution in [-0.4, -0.2) is 69.2 Å². The number of hydrogen-bond donors (Lipinski definition) is 0. The van der Waals surface area contributed by atoms with Crippen LogP contribution in [0.2, 0.25) is 0 Å². The number of rotatable bonds is 2. The zero-order valence-electron chi connectivity index (χ0n) is 12.6.